The largest absolute Gasteiger partial charge is 0.474 e. The van der Waals surface area contributed by atoms with E-state index in [1.165, 1.54) is 7.11 Å². The maximum atomic E-state index is 12.4. The number of benzene rings is 3. The molecule has 32 heavy (non-hydrogen) atoms. The van der Waals surface area contributed by atoms with Gasteiger partial charge in [-0.05, 0) is 24.1 Å². The Morgan fingerprint density at radius 3 is 2.44 bits per heavy atom. The van der Waals surface area contributed by atoms with Crippen LogP contribution in [0.3, 0.4) is 0 Å². The van der Waals surface area contributed by atoms with Gasteiger partial charge >= 0.3 is 5.97 Å². The van der Waals surface area contributed by atoms with Crippen molar-refractivity contribution in [3.63, 3.8) is 0 Å². The Balaban J connectivity index is 1.46. The summed E-state index contributed by atoms with van der Waals surface area (Å²) in [5.41, 5.74) is 2.47. The summed E-state index contributed by atoms with van der Waals surface area (Å²) in [6.45, 7) is 0. The average molecular weight is 429 g/mol. The Kier molecular flexibility index (Phi) is 6.46. The standard InChI is InChI=1S/C25H23N3O4/c1-31-25(30)23(18-10-6-3-7-11-18)32-19-13-14-20-21(16-19)27-28-24(20)26-22(29)15-12-17-8-4-2-5-9-17/h2-11,13-14,16,23H,12,15H2,1H3,(H2,26,27,28,29). The number of H-pyrrole nitrogens is 1. The molecule has 0 saturated carbocycles. The third kappa shape index (κ3) is 4.95. The number of anilines is 1. The van der Waals surface area contributed by atoms with Crippen LogP contribution < -0.4 is 10.1 Å². The lowest BCUT2D eigenvalue weighted by Crippen LogP contribution is -2.20. The number of methoxy groups -OCH3 is 1. The van der Waals surface area contributed by atoms with Gasteiger partial charge in [0.05, 0.1) is 12.6 Å². The minimum atomic E-state index is -0.890. The van der Waals surface area contributed by atoms with Gasteiger partial charge in [-0.15, -0.1) is 0 Å². The number of nitrogens with zero attached hydrogens (tertiary/aromatic N) is 1. The molecule has 1 heterocycles. The average Bonchev–Trinajstić information content (AvgIpc) is 3.23. The molecule has 0 bridgehead atoms. The van der Waals surface area contributed by atoms with Crippen LogP contribution in [0.15, 0.2) is 78.9 Å². The number of amides is 1. The molecule has 7 nitrogen and oxygen atoms in total. The number of carbonyl (C=O) groups is 2. The van der Waals surface area contributed by atoms with Gasteiger partial charge in [0, 0.05) is 23.4 Å². The first-order valence-corrected chi connectivity index (χ1v) is 10.3. The van der Waals surface area contributed by atoms with E-state index in [2.05, 4.69) is 15.5 Å². The quantitative estimate of drug-likeness (QED) is 0.404. The molecule has 0 saturated heterocycles. The van der Waals surface area contributed by atoms with Gasteiger partial charge in [-0.25, -0.2) is 4.79 Å². The summed E-state index contributed by atoms with van der Waals surface area (Å²) >= 11 is 0. The van der Waals surface area contributed by atoms with Gasteiger partial charge < -0.3 is 14.8 Å². The van der Waals surface area contributed by atoms with Crippen LogP contribution >= 0.6 is 0 Å². The molecule has 1 unspecified atom stereocenters. The molecule has 1 atom stereocenters. The molecule has 0 fully saturated rings. The summed E-state index contributed by atoms with van der Waals surface area (Å²) in [6, 6.07) is 24.3. The van der Waals surface area contributed by atoms with Crippen LogP contribution in [-0.2, 0) is 20.7 Å². The van der Waals surface area contributed by atoms with Gasteiger partial charge in [0.25, 0.3) is 0 Å². The molecule has 1 amide bonds. The number of hydrogen-bond donors (Lipinski definition) is 2. The van der Waals surface area contributed by atoms with Gasteiger partial charge in [-0.2, -0.15) is 5.10 Å². The number of aromatic amines is 1. The zero-order chi connectivity index (χ0) is 22.3. The number of esters is 1. The van der Waals surface area contributed by atoms with E-state index in [1.54, 1.807) is 30.3 Å². The number of nitrogens with one attached hydrogen (secondary N) is 2. The lowest BCUT2D eigenvalue weighted by molar-refractivity contribution is -0.149. The fourth-order valence-electron chi connectivity index (χ4n) is 3.39. The fraction of sp³-hybridized carbons (Fsp3) is 0.160. The van der Waals surface area contributed by atoms with Gasteiger partial charge in [0.15, 0.2) is 5.82 Å². The SMILES string of the molecule is COC(=O)C(Oc1ccc2c(NC(=O)CCc3ccccc3)n[nH]c2c1)c1ccccc1. The van der Waals surface area contributed by atoms with Crippen molar-refractivity contribution in [1.82, 2.24) is 10.2 Å². The molecule has 4 rings (SSSR count). The van der Waals surface area contributed by atoms with Crippen molar-refractivity contribution in [3.8, 4) is 5.75 Å². The number of fused-ring (bicyclic) bond motifs is 1. The van der Waals surface area contributed by atoms with Crippen LogP contribution in [0, 0.1) is 0 Å². The summed E-state index contributed by atoms with van der Waals surface area (Å²) in [7, 11) is 1.33. The van der Waals surface area contributed by atoms with Crippen LogP contribution in [0.25, 0.3) is 10.9 Å². The van der Waals surface area contributed by atoms with Gasteiger partial charge in [0.1, 0.15) is 5.75 Å². The fourth-order valence-corrected chi connectivity index (χ4v) is 3.39. The molecular formula is C25H23N3O4. The number of ether oxygens (including phenoxy) is 2. The lowest BCUT2D eigenvalue weighted by Gasteiger charge is -2.17. The van der Waals surface area contributed by atoms with E-state index >= 15 is 0 Å². The molecule has 7 heteroatoms. The number of aromatic nitrogens is 2. The van der Waals surface area contributed by atoms with Crippen molar-refractivity contribution in [2.24, 2.45) is 0 Å². The monoisotopic (exact) mass is 429 g/mol. The summed E-state index contributed by atoms with van der Waals surface area (Å²) in [4.78, 5) is 24.6. The summed E-state index contributed by atoms with van der Waals surface area (Å²) in [5.74, 6) is 0.323. The van der Waals surface area contributed by atoms with Crippen LogP contribution in [0.2, 0.25) is 0 Å². The maximum Gasteiger partial charge on any atom is 0.351 e. The Bertz CT molecular complexity index is 1210. The minimum absolute atomic E-state index is 0.114. The smallest absolute Gasteiger partial charge is 0.351 e. The highest BCUT2D eigenvalue weighted by Gasteiger charge is 2.23. The second-order valence-corrected chi connectivity index (χ2v) is 7.25. The predicted molar refractivity (Wildman–Crippen MR) is 121 cm³/mol. The Morgan fingerprint density at radius 1 is 1.00 bits per heavy atom. The lowest BCUT2D eigenvalue weighted by atomic mass is 10.1. The zero-order valence-corrected chi connectivity index (χ0v) is 17.6. The highest BCUT2D eigenvalue weighted by atomic mass is 16.6. The van der Waals surface area contributed by atoms with Crippen LogP contribution in [-0.4, -0.2) is 29.2 Å². The summed E-state index contributed by atoms with van der Waals surface area (Å²) in [6.07, 6.45) is 0.123. The van der Waals surface area contributed by atoms with E-state index in [4.69, 9.17) is 9.47 Å². The number of carbonyl (C=O) groups excluding carboxylic acids is 2. The van der Waals surface area contributed by atoms with Crippen molar-refractivity contribution in [2.75, 3.05) is 12.4 Å². The van der Waals surface area contributed by atoms with Crippen LogP contribution in [0.1, 0.15) is 23.7 Å². The second kappa shape index (κ2) is 9.78. The molecule has 3 aromatic carbocycles. The van der Waals surface area contributed by atoms with E-state index in [1.807, 2.05) is 48.5 Å². The van der Waals surface area contributed by atoms with Crippen molar-refractivity contribution in [3.05, 3.63) is 90.0 Å². The highest BCUT2D eigenvalue weighted by molar-refractivity contribution is 6.00. The van der Waals surface area contributed by atoms with E-state index < -0.39 is 12.1 Å². The van der Waals surface area contributed by atoms with E-state index in [-0.39, 0.29) is 5.91 Å². The van der Waals surface area contributed by atoms with Gasteiger partial charge in [-0.3, -0.25) is 9.89 Å². The third-order valence-corrected chi connectivity index (χ3v) is 5.05. The van der Waals surface area contributed by atoms with E-state index in [0.717, 1.165) is 10.9 Å². The van der Waals surface area contributed by atoms with Crippen molar-refractivity contribution < 1.29 is 19.1 Å². The van der Waals surface area contributed by atoms with Crippen molar-refractivity contribution >= 4 is 28.6 Å². The first-order valence-electron chi connectivity index (χ1n) is 10.3. The molecule has 0 aliphatic heterocycles. The number of hydrogen-bond acceptors (Lipinski definition) is 5. The van der Waals surface area contributed by atoms with Gasteiger partial charge in [0.2, 0.25) is 12.0 Å². The maximum absolute atomic E-state index is 12.4. The van der Waals surface area contributed by atoms with Crippen molar-refractivity contribution in [2.45, 2.75) is 18.9 Å². The number of aryl methyl sites for hydroxylation is 1. The first-order chi connectivity index (χ1) is 15.6. The third-order valence-electron chi connectivity index (χ3n) is 5.05. The normalized spacial score (nSPS) is 11.7. The molecule has 0 spiro atoms. The first kappa shape index (κ1) is 21.1. The molecule has 4 aromatic rings. The topological polar surface area (TPSA) is 93.3 Å². The zero-order valence-electron chi connectivity index (χ0n) is 17.6. The molecule has 162 valence electrons. The van der Waals surface area contributed by atoms with Gasteiger partial charge in [-0.1, -0.05) is 60.7 Å². The molecule has 0 aliphatic carbocycles. The highest BCUT2D eigenvalue weighted by Crippen LogP contribution is 2.28. The Labute approximate surface area is 185 Å². The molecule has 2 N–H and O–H groups in total. The van der Waals surface area contributed by atoms with Crippen molar-refractivity contribution in [1.29, 1.82) is 0 Å². The van der Waals surface area contributed by atoms with Crippen LogP contribution in [0.5, 0.6) is 5.75 Å². The second-order valence-electron chi connectivity index (χ2n) is 7.25. The summed E-state index contributed by atoms with van der Waals surface area (Å²) < 4.78 is 10.8. The predicted octanol–water partition coefficient (Wildman–Crippen LogP) is 4.43. The molecule has 0 radical (unpaired) electrons. The van der Waals surface area contributed by atoms with Crippen LogP contribution in [0.4, 0.5) is 5.82 Å². The Hall–Kier alpha value is -4.13. The Morgan fingerprint density at radius 2 is 1.72 bits per heavy atom. The number of rotatable bonds is 8. The summed E-state index contributed by atoms with van der Waals surface area (Å²) in [5, 5.41) is 10.7. The molecule has 1 aromatic heterocycles. The van der Waals surface area contributed by atoms with E-state index in [0.29, 0.717) is 35.5 Å². The minimum Gasteiger partial charge on any atom is -0.474 e. The molecular weight excluding hydrogens is 406 g/mol. The van der Waals surface area contributed by atoms with E-state index in [9.17, 15) is 9.59 Å². The molecule has 0 aliphatic rings.